The van der Waals surface area contributed by atoms with Crippen molar-refractivity contribution < 1.29 is 14.7 Å². The zero-order valence-electron chi connectivity index (χ0n) is 16.4. The Kier molecular flexibility index (Phi) is 6.38. The molecule has 2 unspecified atom stereocenters. The van der Waals surface area contributed by atoms with Crippen LogP contribution in [-0.2, 0) is 15.0 Å². The summed E-state index contributed by atoms with van der Waals surface area (Å²) in [5, 5.41) is 22.1. The Morgan fingerprint density at radius 1 is 1.11 bits per heavy atom. The van der Waals surface area contributed by atoms with Gasteiger partial charge in [-0.15, -0.1) is 0 Å². The normalized spacial score (nSPS) is 13.9. The molecule has 0 spiro atoms. The number of amides is 2. The van der Waals surface area contributed by atoms with E-state index >= 15 is 0 Å². The van der Waals surface area contributed by atoms with Crippen LogP contribution in [0.5, 0.6) is 0 Å². The Hall–Kier alpha value is -2.67. The number of aliphatic hydroxyl groups is 1. The zero-order chi connectivity index (χ0) is 20.2. The number of anilines is 1. The lowest BCUT2D eigenvalue weighted by molar-refractivity contribution is -0.134. The number of H-pyrrole nitrogens is 1. The van der Waals surface area contributed by atoms with E-state index in [4.69, 9.17) is 0 Å². The molecule has 27 heavy (non-hydrogen) atoms. The van der Waals surface area contributed by atoms with E-state index in [2.05, 4.69) is 34.7 Å². The highest BCUT2D eigenvalue weighted by Gasteiger charge is 2.27. The molecule has 0 aliphatic heterocycles. The van der Waals surface area contributed by atoms with Crippen LogP contribution in [-0.4, -0.2) is 39.3 Å². The molecule has 0 saturated heterocycles. The van der Waals surface area contributed by atoms with E-state index in [1.165, 1.54) is 0 Å². The maximum atomic E-state index is 12.3. The van der Waals surface area contributed by atoms with Crippen molar-refractivity contribution in [1.29, 1.82) is 0 Å². The second kappa shape index (κ2) is 8.35. The summed E-state index contributed by atoms with van der Waals surface area (Å²) in [6.45, 7) is 9.14. The van der Waals surface area contributed by atoms with Crippen LogP contribution < -0.4 is 10.6 Å². The number of nitrogens with zero attached hydrogens (tertiary/aromatic N) is 1. The lowest BCUT2D eigenvalue weighted by atomic mass is 9.82. The number of aromatic nitrogens is 2. The Bertz CT molecular complexity index is 784. The fraction of sp³-hybridized carbons (Fsp3) is 0.450. The molecule has 4 N–H and O–H groups in total. The van der Waals surface area contributed by atoms with Crippen LogP contribution in [0.1, 0.15) is 45.9 Å². The summed E-state index contributed by atoms with van der Waals surface area (Å²) in [6.07, 6.45) is -1.15. The highest BCUT2D eigenvalue weighted by Crippen LogP contribution is 2.30. The van der Waals surface area contributed by atoms with Gasteiger partial charge in [-0.2, -0.15) is 5.10 Å². The Labute approximate surface area is 159 Å². The predicted octanol–water partition coefficient (Wildman–Crippen LogP) is 2.20. The Morgan fingerprint density at radius 3 is 2.33 bits per heavy atom. The number of carbonyl (C=O) groups excluding carboxylic acids is 2. The van der Waals surface area contributed by atoms with Crippen molar-refractivity contribution in [2.75, 3.05) is 5.32 Å². The van der Waals surface area contributed by atoms with Crippen LogP contribution in [0.15, 0.2) is 36.4 Å². The van der Waals surface area contributed by atoms with E-state index in [9.17, 15) is 14.7 Å². The van der Waals surface area contributed by atoms with Crippen molar-refractivity contribution >= 4 is 17.6 Å². The molecule has 7 heteroatoms. The molecule has 2 amide bonds. The first-order valence-electron chi connectivity index (χ1n) is 9.03. The van der Waals surface area contributed by atoms with Crippen molar-refractivity contribution in [3.05, 3.63) is 47.7 Å². The van der Waals surface area contributed by atoms with Crippen LogP contribution in [0.2, 0.25) is 0 Å². The average Bonchev–Trinajstić information content (AvgIpc) is 3.10. The molecule has 0 fully saturated rings. The number of benzene rings is 1. The number of hydrogen-bond donors (Lipinski definition) is 4. The molecule has 0 aliphatic carbocycles. The zero-order valence-corrected chi connectivity index (χ0v) is 16.4. The largest absolute Gasteiger partial charge is 0.383 e. The van der Waals surface area contributed by atoms with Crippen molar-refractivity contribution in [1.82, 2.24) is 15.5 Å². The molecular weight excluding hydrogens is 344 g/mol. The fourth-order valence-electron chi connectivity index (χ4n) is 2.62. The SMILES string of the molecule is CC(NC(=O)C(O)C(C)C)C(=O)Nc1cc(C(C)(C)c2ccccc2)n[nH]1. The van der Waals surface area contributed by atoms with Crippen molar-refractivity contribution in [2.24, 2.45) is 5.92 Å². The average molecular weight is 372 g/mol. The van der Waals surface area contributed by atoms with Gasteiger partial charge in [0.1, 0.15) is 18.0 Å². The van der Waals surface area contributed by atoms with Crippen LogP contribution in [0.3, 0.4) is 0 Å². The Balaban J connectivity index is 2.03. The van der Waals surface area contributed by atoms with Crippen LogP contribution in [0, 0.1) is 5.92 Å². The van der Waals surface area contributed by atoms with Crippen LogP contribution >= 0.6 is 0 Å². The molecule has 1 heterocycles. The van der Waals surface area contributed by atoms with Crippen molar-refractivity contribution in [3.63, 3.8) is 0 Å². The first-order chi connectivity index (χ1) is 12.6. The van der Waals surface area contributed by atoms with Crippen LogP contribution in [0.4, 0.5) is 5.82 Å². The third-order valence-corrected chi connectivity index (χ3v) is 4.62. The van der Waals surface area contributed by atoms with Crippen molar-refractivity contribution in [2.45, 2.75) is 52.2 Å². The first kappa shape index (κ1) is 20.6. The summed E-state index contributed by atoms with van der Waals surface area (Å²) < 4.78 is 0. The van der Waals surface area contributed by atoms with Gasteiger partial charge in [-0.05, 0) is 18.4 Å². The Morgan fingerprint density at radius 2 is 1.74 bits per heavy atom. The predicted molar refractivity (Wildman–Crippen MR) is 104 cm³/mol. The van der Waals surface area contributed by atoms with Gasteiger partial charge in [0.25, 0.3) is 0 Å². The monoisotopic (exact) mass is 372 g/mol. The first-order valence-corrected chi connectivity index (χ1v) is 9.03. The summed E-state index contributed by atoms with van der Waals surface area (Å²) in [4.78, 5) is 24.2. The molecular formula is C20H28N4O3. The summed E-state index contributed by atoms with van der Waals surface area (Å²) in [5.74, 6) is -0.740. The maximum Gasteiger partial charge on any atom is 0.249 e. The quantitative estimate of drug-likeness (QED) is 0.597. The van der Waals surface area contributed by atoms with Crippen molar-refractivity contribution in [3.8, 4) is 0 Å². The highest BCUT2D eigenvalue weighted by molar-refractivity contribution is 5.96. The van der Waals surface area contributed by atoms with E-state index in [1.54, 1.807) is 26.8 Å². The third kappa shape index (κ3) is 4.95. The second-order valence-corrected chi connectivity index (χ2v) is 7.57. The minimum atomic E-state index is -1.15. The number of aromatic amines is 1. The number of hydrogen-bond acceptors (Lipinski definition) is 4. The molecule has 0 bridgehead atoms. The minimum Gasteiger partial charge on any atom is -0.383 e. The second-order valence-electron chi connectivity index (χ2n) is 7.57. The van der Waals surface area contributed by atoms with Gasteiger partial charge in [-0.1, -0.05) is 58.0 Å². The topological polar surface area (TPSA) is 107 Å². The van der Waals surface area contributed by atoms with Gasteiger partial charge < -0.3 is 15.7 Å². The van der Waals surface area contributed by atoms with E-state index in [1.807, 2.05) is 30.3 Å². The molecule has 1 aromatic carbocycles. The molecule has 2 atom stereocenters. The molecule has 7 nitrogen and oxygen atoms in total. The number of rotatable bonds is 7. The summed E-state index contributed by atoms with van der Waals surface area (Å²) >= 11 is 0. The highest BCUT2D eigenvalue weighted by atomic mass is 16.3. The van der Waals surface area contributed by atoms with E-state index in [0.717, 1.165) is 11.3 Å². The lowest BCUT2D eigenvalue weighted by Gasteiger charge is -2.22. The molecule has 0 aliphatic rings. The lowest BCUT2D eigenvalue weighted by Crippen LogP contribution is -2.47. The van der Waals surface area contributed by atoms with E-state index in [-0.39, 0.29) is 11.3 Å². The van der Waals surface area contributed by atoms with Gasteiger partial charge in [0.05, 0.1) is 5.69 Å². The van der Waals surface area contributed by atoms with Crippen LogP contribution in [0.25, 0.3) is 0 Å². The van der Waals surface area contributed by atoms with E-state index in [0.29, 0.717) is 5.82 Å². The molecule has 0 saturated carbocycles. The fourth-order valence-corrected chi connectivity index (χ4v) is 2.62. The van der Waals surface area contributed by atoms with Gasteiger partial charge in [0.2, 0.25) is 11.8 Å². The summed E-state index contributed by atoms with van der Waals surface area (Å²) in [6, 6.07) is 11.0. The van der Waals surface area contributed by atoms with Gasteiger partial charge in [-0.3, -0.25) is 14.7 Å². The van der Waals surface area contributed by atoms with E-state index < -0.39 is 24.0 Å². The molecule has 0 radical (unpaired) electrons. The number of carbonyl (C=O) groups is 2. The number of aliphatic hydroxyl groups excluding tert-OH is 1. The van der Waals surface area contributed by atoms with Gasteiger partial charge in [0.15, 0.2) is 0 Å². The molecule has 146 valence electrons. The number of nitrogens with one attached hydrogen (secondary N) is 3. The third-order valence-electron chi connectivity index (χ3n) is 4.62. The summed E-state index contributed by atoms with van der Waals surface area (Å²) in [5.41, 5.74) is 1.57. The van der Waals surface area contributed by atoms with Gasteiger partial charge in [-0.25, -0.2) is 0 Å². The standard InChI is InChI=1S/C20H28N4O3/c1-12(2)17(25)19(27)21-13(3)18(26)22-16-11-15(23-24-16)20(4,5)14-9-7-6-8-10-14/h6-13,17,25H,1-5H3,(H,21,27)(H2,22,23,24,26). The maximum absolute atomic E-state index is 12.3. The minimum absolute atomic E-state index is 0.226. The molecule has 1 aromatic heterocycles. The molecule has 2 aromatic rings. The summed E-state index contributed by atoms with van der Waals surface area (Å²) in [7, 11) is 0. The van der Waals surface area contributed by atoms with Gasteiger partial charge in [0, 0.05) is 11.5 Å². The smallest absolute Gasteiger partial charge is 0.249 e. The molecule has 2 rings (SSSR count). The van der Waals surface area contributed by atoms with Gasteiger partial charge >= 0.3 is 0 Å².